The van der Waals surface area contributed by atoms with Crippen LogP contribution in [0.4, 0.5) is 4.79 Å². The van der Waals surface area contributed by atoms with Gasteiger partial charge < -0.3 is 14.9 Å². The van der Waals surface area contributed by atoms with Crippen molar-refractivity contribution in [3.63, 3.8) is 0 Å². The summed E-state index contributed by atoms with van der Waals surface area (Å²) in [5, 5.41) is 18.8. The van der Waals surface area contributed by atoms with E-state index >= 15 is 0 Å². The summed E-state index contributed by atoms with van der Waals surface area (Å²) in [4.78, 5) is 18.9. The first-order valence-corrected chi connectivity index (χ1v) is 9.32. The van der Waals surface area contributed by atoms with Crippen molar-refractivity contribution < 1.29 is 14.5 Å². The van der Waals surface area contributed by atoms with Crippen LogP contribution in [0.15, 0.2) is 4.63 Å². The average molecular weight is 349 g/mol. The monoisotopic (exact) mass is 349 g/mol. The van der Waals surface area contributed by atoms with E-state index in [2.05, 4.69) is 15.2 Å². The molecule has 8 heteroatoms. The molecular weight excluding hydrogens is 322 g/mol. The van der Waals surface area contributed by atoms with Crippen LogP contribution < -0.4 is 0 Å². The van der Waals surface area contributed by atoms with Gasteiger partial charge in [0.05, 0.1) is 5.60 Å². The molecule has 1 aromatic rings. The molecule has 1 N–H and O–H groups in total. The largest absolute Gasteiger partial charge is 0.389 e. The van der Waals surface area contributed by atoms with Gasteiger partial charge in [-0.2, -0.15) is 0 Å². The van der Waals surface area contributed by atoms with Crippen molar-refractivity contribution in [1.82, 2.24) is 25.0 Å². The quantitative estimate of drug-likeness (QED) is 0.852. The van der Waals surface area contributed by atoms with Crippen LogP contribution >= 0.6 is 0 Å². The molecule has 138 valence electrons. The molecule has 4 heterocycles. The molecule has 2 amide bonds. The highest BCUT2D eigenvalue weighted by atomic mass is 16.6. The Bertz CT molecular complexity index is 630. The van der Waals surface area contributed by atoms with Crippen molar-refractivity contribution in [3.8, 4) is 0 Å². The number of amides is 2. The summed E-state index contributed by atoms with van der Waals surface area (Å²) >= 11 is 0. The molecule has 0 radical (unpaired) electrons. The third-order valence-electron chi connectivity index (χ3n) is 6.12. The summed E-state index contributed by atoms with van der Waals surface area (Å²) < 4.78 is 4.78. The number of fused-ring (bicyclic) bond motifs is 1. The Morgan fingerprint density at radius 3 is 2.64 bits per heavy atom. The lowest BCUT2D eigenvalue weighted by atomic mass is 9.75. The molecule has 4 rings (SSSR count). The number of carbonyl (C=O) groups excluding carboxylic acids is 1. The van der Waals surface area contributed by atoms with Gasteiger partial charge in [-0.25, -0.2) is 9.42 Å². The van der Waals surface area contributed by atoms with Crippen LogP contribution in [0.1, 0.15) is 37.1 Å². The number of likely N-dealkylation sites (tertiary alicyclic amines) is 3. The van der Waals surface area contributed by atoms with E-state index in [1.54, 1.807) is 0 Å². The summed E-state index contributed by atoms with van der Waals surface area (Å²) in [5.41, 5.74) is 1.02. The van der Waals surface area contributed by atoms with E-state index in [1.165, 1.54) is 0 Å². The van der Waals surface area contributed by atoms with Gasteiger partial charge in [0.25, 0.3) is 0 Å². The Morgan fingerprint density at radius 1 is 1.16 bits per heavy atom. The second kappa shape index (κ2) is 6.57. The average Bonchev–Trinajstić information content (AvgIpc) is 3.27. The molecule has 0 saturated carbocycles. The normalized spacial score (nSPS) is 30.6. The van der Waals surface area contributed by atoms with Gasteiger partial charge in [-0.05, 0) is 32.6 Å². The van der Waals surface area contributed by atoms with Crippen LogP contribution in [0.2, 0.25) is 0 Å². The van der Waals surface area contributed by atoms with Crippen LogP contribution in [0.25, 0.3) is 0 Å². The molecular formula is C17H27N5O3. The number of aromatic nitrogens is 2. The maximum absolute atomic E-state index is 12.7. The van der Waals surface area contributed by atoms with Gasteiger partial charge in [-0.1, -0.05) is 10.3 Å². The summed E-state index contributed by atoms with van der Waals surface area (Å²) in [5.74, 6) is 0.0849. The molecule has 8 nitrogen and oxygen atoms in total. The number of hydrogen-bond acceptors (Lipinski definition) is 6. The van der Waals surface area contributed by atoms with Gasteiger partial charge in [0.15, 0.2) is 0 Å². The highest BCUT2D eigenvalue weighted by Gasteiger charge is 2.46. The minimum Gasteiger partial charge on any atom is -0.389 e. The molecule has 3 aliphatic heterocycles. The fourth-order valence-corrected chi connectivity index (χ4v) is 4.40. The number of aliphatic hydroxyl groups is 1. The van der Waals surface area contributed by atoms with Gasteiger partial charge in [-0.3, -0.25) is 4.90 Å². The van der Waals surface area contributed by atoms with E-state index < -0.39 is 5.60 Å². The van der Waals surface area contributed by atoms with Gasteiger partial charge in [0.2, 0.25) is 0 Å². The van der Waals surface area contributed by atoms with E-state index in [0.29, 0.717) is 26.1 Å². The molecule has 0 aromatic carbocycles. The number of carbonyl (C=O) groups is 1. The first-order chi connectivity index (χ1) is 12.0. The fourth-order valence-electron chi connectivity index (χ4n) is 4.40. The lowest BCUT2D eigenvalue weighted by Gasteiger charge is -2.50. The standard InChI is InChI=1S/C17H27N5O3/c1-13-15(19-25-18-13)12-20-8-4-17(24)5-9-22(11-14(17)10-20)16(23)21-6-2-3-7-21/h14,24H,2-12H2,1H3/t14-,17-/m1/s1. The molecule has 25 heavy (non-hydrogen) atoms. The van der Waals surface area contributed by atoms with Crippen molar-refractivity contribution in [2.45, 2.75) is 44.8 Å². The van der Waals surface area contributed by atoms with Crippen molar-refractivity contribution in [2.75, 3.05) is 39.3 Å². The molecule has 0 spiro atoms. The number of aryl methyl sites for hydroxylation is 1. The van der Waals surface area contributed by atoms with Crippen LogP contribution in [0.5, 0.6) is 0 Å². The minimum atomic E-state index is -0.643. The van der Waals surface area contributed by atoms with E-state index in [0.717, 1.165) is 56.8 Å². The number of nitrogens with zero attached hydrogens (tertiary/aromatic N) is 5. The van der Waals surface area contributed by atoms with Gasteiger partial charge in [0.1, 0.15) is 11.4 Å². The Labute approximate surface area is 147 Å². The number of hydrogen-bond donors (Lipinski definition) is 1. The number of rotatable bonds is 2. The van der Waals surface area contributed by atoms with Gasteiger partial charge in [-0.15, -0.1) is 0 Å². The van der Waals surface area contributed by atoms with Crippen molar-refractivity contribution >= 4 is 6.03 Å². The zero-order valence-electron chi connectivity index (χ0n) is 14.9. The third-order valence-corrected chi connectivity index (χ3v) is 6.12. The smallest absolute Gasteiger partial charge is 0.320 e. The Hall–Kier alpha value is -1.67. The van der Waals surface area contributed by atoms with Crippen molar-refractivity contribution in [2.24, 2.45) is 5.92 Å². The Balaban J connectivity index is 1.41. The predicted octanol–water partition coefficient (Wildman–Crippen LogP) is 0.853. The predicted molar refractivity (Wildman–Crippen MR) is 89.8 cm³/mol. The fraction of sp³-hybridized carbons (Fsp3) is 0.824. The van der Waals surface area contributed by atoms with Gasteiger partial charge >= 0.3 is 6.03 Å². The van der Waals surface area contributed by atoms with Crippen LogP contribution in [0.3, 0.4) is 0 Å². The second-order valence-electron chi connectivity index (χ2n) is 7.75. The Kier molecular flexibility index (Phi) is 4.41. The van der Waals surface area contributed by atoms with E-state index in [4.69, 9.17) is 4.63 Å². The number of urea groups is 1. The molecule has 2 atom stereocenters. The minimum absolute atomic E-state index is 0.0849. The molecule has 3 saturated heterocycles. The van der Waals surface area contributed by atoms with E-state index in [-0.39, 0.29) is 11.9 Å². The van der Waals surface area contributed by atoms with Crippen LogP contribution in [-0.2, 0) is 6.54 Å². The molecule has 3 aliphatic rings. The molecule has 0 aliphatic carbocycles. The molecule has 0 bridgehead atoms. The van der Waals surface area contributed by atoms with E-state index in [1.807, 2.05) is 16.7 Å². The molecule has 0 unspecified atom stereocenters. The first-order valence-electron chi connectivity index (χ1n) is 9.32. The Morgan fingerprint density at radius 2 is 1.92 bits per heavy atom. The molecule has 3 fully saturated rings. The van der Waals surface area contributed by atoms with Crippen LogP contribution in [0, 0.1) is 12.8 Å². The first kappa shape index (κ1) is 16.8. The lowest BCUT2D eigenvalue weighted by Crippen LogP contribution is -2.61. The van der Waals surface area contributed by atoms with Gasteiger partial charge in [0, 0.05) is 51.7 Å². The summed E-state index contributed by atoms with van der Waals surface area (Å²) in [6.07, 6.45) is 3.63. The number of piperidine rings is 2. The molecule has 1 aromatic heterocycles. The SMILES string of the molecule is Cc1nonc1CN1CC[C@@]2(O)CCN(C(=O)N3CCCC3)C[C@H]2C1. The second-order valence-corrected chi connectivity index (χ2v) is 7.75. The maximum Gasteiger partial charge on any atom is 0.320 e. The summed E-state index contributed by atoms with van der Waals surface area (Å²) in [7, 11) is 0. The van der Waals surface area contributed by atoms with Crippen LogP contribution in [-0.4, -0.2) is 81.0 Å². The van der Waals surface area contributed by atoms with Crippen molar-refractivity contribution in [1.29, 1.82) is 0 Å². The summed E-state index contributed by atoms with van der Waals surface area (Å²) in [6.45, 7) is 7.22. The lowest BCUT2D eigenvalue weighted by molar-refractivity contribution is -0.109. The zero-order chi connectivity index (χ0) is 17.4. The summed E-state index contributed by atoms with van der Waals surface area (Å²) in [6, 6.07) is 0.146. The zero-order valence-corrected chi connectivity index (χ0v) is 14.9. The topological polar surface area (TPSA) is 85.9 Å². The van der Waals surface area contributed by atoms with E-state index in [9.17, 15) is 9.90 Å². The maximum atomic E-state index is 12.7. The third kappa shape index (κ3) is 3.25. The van der Waals surface area contributed by atoms with Crippen molar-refractivity contribution in [3.05, 3.63) is 11.4 Å². The highest BCUT2D eigenvalue weighted by Crippen LogP contribution is 2.36. The highest BCUT2D eigenvalue weighted by molar-refractivity contribution is 5.74.